The first-order chi connectivity index (χ1) is 16.3. The number of hydrogen-bond donors (Lipinski definition) is 1. The number of hydrogen-bond acceptors (Lipinski definition) is 6. The Labute approximate surface area is 159 Å². The summed E-state index contributed by atoms with van der Waals surface area (Å²) >= 11 is -2.85. The molecule has 0 spiro atoms. The number of aromatic amines is 1. The number of pyridine rings is 2. The Balaban J connectivity index is 2.30. The van der Waals surface area contributed by atoms with E-state index in [9.17, 15) is 4.55 Å². The Morgan fingerprint density at radius 2 is 2.29 bits per heavy atom. The first-order valence-corrected chi connectivity index (χ1v) is 7.50. The molecule has 3 aromatic heterocycles. The Bertz CT molecular complexity index is 1290. The Hall–Kier alpha value is -2.32. The number of rotatable bonds is 5. The van der Waals surface area contributed by atoms with E-state index in [-0.39, 0.29) is 17.0 Å². The third-order valence-electron chi connectivity index (χ3n) is 2.95. The van der Waals surface area contributed by atoms with Crippen LogP contribution in [0.5, 0.6) is 11.6 Å². The molecule has 0 saturated carbocycles. The SMILES string of the molecule is [2H]c1nc(C([2H])([2H])[S+]([O-])c2nc3nc(OC)ccc3[nH]2)c(C([2H])([2H])[2H])c(OC([2H])([2H])[2H])c1C([2H])([2H])[2H]. The van der Waals surface area contributed by atoms with Gasteiger partial charge in [-0.05, 0) is 19.8 Å². The summed E-state index contributed by atoms with van der Waals surface area (Å²) in [6.07, 6.45) is -1.17. The standard InChI is InChI=1S/C16H18N4O3S/c1-9-7-17-12(10(2)14(9)23-4)8-24(21)16-18-11-5-6-13(22-3)19-15(11)20-16/h5-7H,8H2,1-4H3,(H,18,19,20)/i1D3,2D3,4D3,7D,8D2. The molecule has 126 valence electrons. The summed E-state index contributed by atoms with van der Waals surface area (Å²) in [5, 5.41) is -0.487. The van der Waals surface area contributed by atoms with Crippen LogP contribution >= 0.6 is 0 Å². The molecule has 0 amide bonds. The molecule has 1 atom stereocenters. The zero-order valence-electron chi connectivity index (χ0n) is 24.1. The molecule has 0 saturated heterocycles. The van der Waals surface area contributed by atoms with Crippen molar-refractivity contribution >= 4 is 22.3 Å². The van der Waals surface area contributed by atoms with Gasteiger partial charge in [-0.15, -0.1) is 0 Å². The smallest absolute Gasteiger partial charge is 0.323 e. The topological polar surface area (TPSA) is 96.0 Å². The molecule has 1 unspecified atom stereocenters. The van der Waals surface area contributed by atoms with Crippen LogP contribution in [0.2, 0.25) is 0 Å². The van der Waals surface area contributed by atoms with Gasteiger partial charge in [0.1, 0.15) is 5.75 Å². The zero-order chi connectivity index (χ0) is 27.4. The predicted molar refractivity (Wildman–Crippen MR) is 90.8 cm³/mol. The molecule has 0 radical (unpaired) electrons. The first-order valence-electron chi connectivity index (χ1n) is 12.3. The lowest BCUT2D eigenvalue weighted by Crippen LogP contribution is -2.10. The van der Waals surface area contributed by atoms with Gasteiger partial charge in [0.25, 0.3) is 0 Å². The average molecular weight is 358 g/mol. The monoisotopic (exact) mass is 358 g/mol. The van der Waals surface area contributed by atoms with E-state index in [4.69, 9.17) is 25.9 Å². The minimum absolute atomic E-state index is 0.00265. The van der Waals surface area contributed by atoms with E-state index in [0.717, 1.165) is 0 Å². The normalized spacial score (nSPS) is 21.9. The second-order valence-electron chi connectivity index (χ2n) is 4.39. The van der Waals surface area contributed by atoms with Crippen molar-refractivity contribution in [3.05, 3.63) is 35.1 Å². The van der Waals surface area contributed by atoms with E-state index >= 15 is 0 Å². The predicted octanol–water partition coefficient (Wildman–Crippen LogP) is 2.29. The zero-order valence-corrected chi connectivity index (χ0v) is 12.9. The number of fused-ring (bicyclic) bond motifs is 1. The summed E-state index contributed by atoms with van der Waals surface area (Å²) in [5.74, 6) is -1.12. The maximum atomic E-state index is 13.3. The van der Waals surface area contributed by atoms with Gasteiger partial charge in [0.2, 0.25) is 5.88 Å². The second kappa shape index (κ2) is 6.66. The number of ether oxygens (including phenoxy) is 2. The number of methoxy groups -OCH3 is 2. The Kier molecular flexibility index (Phi) is 2.02. The highest BCUT2D eigenvalue weighted by Crippen LogP contribution is 2.26. The molecule has 0 fully saturated rings. The summed E-state index contributed by atoms with van der Waals surface area (Å²) in [6.45, 7) is -6.64. The lowest BCUT2D eigenvalue weighted by atomic mass is 10.1. The van der Waals surface area contributed by atoms with Gasteiger partial charge in [0.05, 0.1) is 33.6 Å². The van der Waals surface area contributed by atoms with Gasteiger partial charge in [0.15, 0.2) is 11.4 Å². The van der Waals surface area contributed by atoms with Crippen LogP contribution in [-0.2, 0) is 16.9 Å². The van der Waals surface area contributed by atoms with Crippen LogP contribution in [0.3, 0.4) is 0 Å². The van der Waals surface area contributed by atoms with E-state index in [0.29, 0.717) is 0 Å². The summed E-state index contributed by atoms with van der Waals surface area (Å²) in [6, 6.07) is 2.92. The molecule has 3 heterocycles. The van der Waals surface area contributed by atoms with E-state index in [2.05, 4.69) is 19.9 Å². The van der Waals surface area contributed by atoms with Gasteiger partial charge >= 0.3 is 5.16 Å². The van der Waals surface area contributed by atoms with Gasteiger partial charge in [-0.3, -0.25) is 9.97 Å². The molecule has 8 heteroatoms. The fraction of sp³-hybridized carbons (Fsp3) is 0.312. The number of H-pyrrole nitrogens is 1. The highest BCUT2D eigenvalue weighted by molar-refractivity contribution is 7.90. The molecule has 24 heavy (non-hydrogen) atoms. The van der Waals surface area contributed by atoms with Crippen LogP contribution in [0.4, 0.5) is 0 Å². The van der Waals surface area contributed by atoms with E-state index in [1.165, 1.54) is 19.2 Å². The van der Waals surface area contributed by atoms with Crippen molar-refractivity contribution < 1.29 is 30.5 Å². The summed E-state index contributed by atoms with van der Waals surface area (Å²) < 4.78 is 117. The van der Waals surface area contributed by atoms with Crippen LogP contribution in [0.15, 0.2) is 23.5 Å². The molecule has 0 aliphatic rings. The highest BCUT2D eigenvalue weighted by atomic mass is 32.2. The maximum absolute atomic E-state index is 13.3. The molecule has 7 nitrogen and oxygen atoms in total. The lowest BCUT2D eigenvalue weighted by Gasteiger charge is -2.13. The summed E-state index contributed by atoms with van der Waals surface area (Å²) in [5.41, 5.74) is -6.53. The highest BCUT2D eigenvalue weighted by Gasteiger charge is 2.21. The number of nitrogens with zero attached hydrogens (tertiary/aromatic N) is 3. The van der Waals surface area contributed by atoms with Crippen molar-refractivity contribution in [3.63, 3.8) is 0 Å². The maximum Gasteiger partial charge on any atom is 0.323 e. The van der Waals surface area contributed by atoms with E-state index in [1.807, 2.05) is 0 Å². The molecule has 3 rings (SSSR count). The average Bonchev–Trinajstić information content (AvgIpc) is 3.12. The van der Waals surface area contributed by atoms with Crippen molar-refractivity contribution in [1.29, 1.82) is 0 Å². The molecule has 0 aliphatic heterocycles. The molecular weight excluding hydrogens is 328 g/mol. The van der Waals surface area contributed by atoms with Crippen molar-refractivity contribution in [1.82, 2.24) is 19.9 Å². The van der Waals surface area contributed by atoms with Crippen LogP contribution < -0.4 is 9.47 Å². The molecule has 0 aliphatic carbocycles. The second-order valence-corrected chi connectivity index (χ2v) is 5.52. The Morgan fingerprint density at radius 1 is 1.38 bits per heavy atom. The summed E-state index contributed by atoms with van der Waals surface area (Å²) in [4.78, 5) is 14.1. The summed E-state index contributed by atoms with van der Waals surface area (Å²) in [7, 11) is -2.03. The third-order valence-corrected chi connectivity index (χ3v) is 3.87. The van der Waals surface area contributed by atoms with Gasteiger partial charge < -0.3 is 14.0 Å². The first kappa shape index (κ1) is 7.28. The molecular formula is C16H18N4O3S. The molecule has 0 bridgehead atoms. The minimum Gasteiger partial charge on any atom is -0.609 e. The van der Waals surface area contributed by atoms with Crippen molar-refractivity contribution in [2.45, 2.75) is 24.6 Å². The van der Waals surface area contributed by atoms with Crippen molar-refractivity contribution in [2.75, 3.05) is 14.1 Å². The van der Waals surface area contributed by atoms with Crippen LogP contribution in [-0.4, -0.2) is 38.6 Å². The van der Waals surface area contributed by atoms with Crippen LogP contribution in [0.1, 0.15) is 33.3 Å². The van der Waals surface area contributed by atoms with Crippen molar-refractivity contribution in [3.8, 4) is 11.6 Å². The number of aromatic nitrogens is 4. The Morgan fingerprint density at radius 3 is 3.04 bits per heavy atom. The van der Waals surface area contributed by atoms with Gasteiger partial charge in [0, 0.05) is 42.8 Å². The van der Waals surface area contributed by atoms with Gasteiger partial charge in [-0.25, -0.2) is 0 Å². The van der Waals surface area contributed by atoms with Gasteiger partial charge in [-0.1, -0.05) is 0 Å². The van der Waals surface area contributed by atoms with E-state index in [1.54, 1.807) is 0 Å². The number of nitrogens with one attached hydrogen (secondary N) is 1. The van der Waals surface area contributed by atoms with E-state index < -0.39 is 71.5 Å². The molecule has 3 aromatic rings. The number of imidazole rings is 1. The third kappa shape index (κ3) is 3.02. The van der Waals surface area contributed by atoms with Crippen molar-refractivity contribution in [2.24, 2.45) is 0 Å². The quantitative estimate of drug-likeness (QED) is 0.703. The molecule has 1 N–H and O–H groups in total. The lowest BCUT2D eigenvalue weighted by molar-refractivity contribution is 0.399. The fourth-order valence-electron chi connectivity index (χ4n) is 1.82. The largest absolute Gasteiger partial charge is 0.609 e. The van der Waals surface area contributed by atoms with Crippen LogP contribution in [0.25, 0.3) is 11.2 Å². The fourth-order valence-corrected chi connectivity index (χ4v) is 2.61. The van der Waals surface area contributed by atoms with Crippen LogP contribution in [0, 0.1) is 13.7 Å². The minimum atomic E-state index is -3.39. The molecule has 0 aromatic carbocycles. The van der Waals surface area contributed by atoms with Gasteiger partial charge in [-0.2, -0.15) is 9.97 Å².